The van der Waals surface area contributed by atoms with Gasteiger partial charge >= 0.3 is 13.3 Å². The fourth-order valence-electron chi connectivity index (χ4n) is 4.45. The summed E-state index contributed by atoms with van der Waals surface area (Å²) in [7, 11) is -1.37. The summed E-state index contributed by atoms with van der Waals surface area (Å²) in [5, 5.41) is 0. The molecule has 0 aliphatic rings. The number of benzene rings is 3. The summed E-state index contributed by atoms with van der Waals surface area (Å²) in [6.07, 6.45) is -0.373. The van der Waals surface area contributed by atoms with Gasteiger partial charge in [-0.3, -0.25) is 9.13 Å². The average molecular weight is 582 g/mol. The Morgan fingerprint density at radius 2 is 1.41 bits per heavy atom. The van der Waals surface area contributed by atoms with E-state index in [2.05, 4.69) is 4.98 Å². The largest absolute Gasteiger partial charge is 0.497 e. The molecule has 4 aromatic rings. The summed E-state index contributed by atoms with van der Waals surface area (Å²) >= 11 is 0. The summed E-state index contributed by atoms with van der Waals surface area (Å²) in [5.41, 5.74) is 6.10. The summed E-state index contributed by atoms with van der Waals surface area (Å²) in [6, 6.07) is 25.8. The minimum atomic E-state index is -4.53. The zero-order chi connectivity index (χ0) is 29.5. The third-order valence-corrected chi connectivity index (χ3v) is 6.92. The summed E-state index contributed by atoms with van der Waals surface area (Å²) in [5.74, 6) is 1.37. The smallest absolute Gasteiger partial charge is 0.350 e. The molecule has 216 valence electrons. The lowest BCUT2D eigenvalue weighted by atomic mass is 9.80. The SMILES string of the molecule is COc1ccc(C(OCC(Cn2ccc(N)nc2=O)OCP(=O)(O)O)(c2ccccc2)c2ccc(OC)cc2)cc1. The van der Waals surface area contributed by atoms with E-state index < -0.39 is 31.3 Å². The Bertz CT molecular complexity index is 1480. The first-order chi connectivity index (χ1) is 19.6. The van der Waals surface area contributed by atoms with Crippen LogP contribution in [0.3, 0.4) is 0 Å². The number of nitrogens with zero attached hydrogens (tertiary/aromatic N) is 2. The van der Waals surface area contributed by atoms with E-state index in [1.807, 2.05) is 78.9 Å². The molecule has 1 unspecified atom stereocenters. The molecule has 0 bridgehead atoms. The highest BCUT2D eigenvalue weighted by atomic mass is 31.2. The Labute approximate surface area is 237 Å². The number of rotatable bonds is 13. The Kier molecular flexibility index (Phi) is 9.59. The van der Waals surface area contributed by atoms with E-state index in [1.165, 1.54) is 16.8 Å². The number of methoxy groups -OCH3 is 2. The highest BCUT2D eigenvalue weighted by molar-refractivity contribution is 7.51. The summed E-state index contributed by atoms with van der Waals surface area (Å²) < 4.78 is 36.1. The third-order valence-electron chi connectivity index (χ3n) is 6.43. The minimum Gasteiger partial charge on any atom is -0.497 e. The molecule has 4 N–H and O–H groups in total. The number of nitrogens with two attached hydrogens (primary N) is 1. The minimum absolute atomic E-state index is 0.0530. The Morgan fingerprint density at radius 3 is 1.90 bits per heavy atom. The maximum Gasteiger partial charge on any atom is 0.350 e. The first kappa shape index (κ1) is 30.0. The van der Waals surface area contributed by atoms with Crippen molar-refractivity contribution in [2.24, 2.45) is 0 Å². The van der Waals surface area contributed by atoms with Gasteiger partial charge in [-0.25, -0.2) is 4.79 Å². The molecule has 0 saturated carbocycles. The molecule has 0 amide bonds. The fourth-order valence-corrected chi connectivity index (χ4v) is 4.85. The van der Waals surface area contributed by atoms with E-state index >= 15 is 0 Å². The quantitative estimate of drug-likeness (QED) is 0.158. The number of nitrogen functional groups attached to an aromatic ring is 1. The lowest BCUT2D eigenvalue weighted by molar-refractivity contribution is -0.0630. The number of hydrogen-bond donors (Lipinski definition) is 3. The van der Waals surface area contributed by atoms with E-state index in [1.54, 1.807) is 14.2 Å². The van der Waals surface area contributed by atoms with Crippen LogP contribution in [0.15, 0.2) is 95.9 Å². The molecule has 4 rings (SSSR count). The van der Waals surface area contributed by atoms with Crippen LogP contribution in [0.25, 0.3) is 0 Å². The van der Waals surface area contributed by atoms with E-state index in [0.29, 0.717) is 11.5 Å². The third kappa shape index (κ3) is 7.40. The van der Waals surface area contributed by atoms with Gasteiger partial charge in [-0.15, -0.1) is 0 Å². The molecule has 41 heavy (non-hydrogen) atoms. The van der Waals surface area contributed by atoms with Gasteiger partial charge in [0.2, 0.25) is 0 Å². The number of ether oxygens (including phenoxy) is 4. The van der Waals surface area contributed by atoms with E-state index in [9.17, 15) is 19.1 Å². The van der Waals surface area contributed by atoms with Gasteiger partial charge in [-0.2, -0.15) is 4.98 Å². The van der Waals surface area contributed by atoms with Crippen molar-refractivity contribution in [1.82, 2.24) is 9.55 Å². The summed E-state index contributed by atoms with van der Waals surface area (Å²) in [6.45, 7) is -0.258. The second-order valence-corrected chi connectivity index (χ2v) is 10.8. The van der Waals surface area contributed by atoms with Crippen LogP contribution in [-0.2, 0) is 26.2 Å². The fraction of sp³-hybridized carbons (Fsp3) is 0.241. The number of anilines is 1. The molecule has 0 aliphatic heterocycles. The van der Waals surface area contributed by atoms with Crippen molar-refractivity contribution in [2.75, 3.05) is 32.9 Å². The van der Waals surface area contributed by atoms with Crippen molar-refractivity contribution in [3.05, 3.63) is 118 Å². The van der Waals surface area contributed by atoms with Gasteiger partial charge in [0, 0.05) is 6.20 Å². The van der Waals surface area contributed by atoms with Crippen LogP contribution < -0.4 is 20.9 Å². The van der Waals surface area contributed by atoms with Crippen LogP contribution in [0, 0.1) is 0 Å². The number of hydrogen-bond acceptors (Lipinski definition) is 8. The zero-order valence-corrected chi connectivity index (χ0v) is 23.5. The molecule has 1 atom stereocenters. The van der Waals surface area contributed by atoms with Crippen molar-refractivity contribution in [1.29, 1.82) is 0 Å². The zero-order valence-electron chi connectivity index (χ0n) is 22.6. The second-order valence-electron chi connectivity index (χ2n) is 9.19. The molecule has 1 heterocycles. The van der Waals surface area contributed by atoms with E-state index in [-0.39, 0.29) is 19.0 Å². The maximum absolute atomic E-state index is 12.5. The topological polar surface area (TPSA) is 155 Å². The monoisotopic (exact) mass is 581 g/mol. The molecular weight excluding hydrogens is 549 g/mol. The van der Waals surface area contributed by atoms with Crippen molar-refractivity contribution < 1.29 is 33.3 Å². The average Bonchev–Trinajstić information content (AvgIpc) is 2.98. The van der Waals surface area contributed by atoms with Crippen molar-refractivity contribution in [2.45, 2.75) is 18.2 Å². The molecule has 1 aromatic heterocycles. The molecule has 12 heteroatoms. The molecule has 0 aliphatic carbocycles. The van der Waals surface area contributed by atoms with Gasteiger partial charge < -0.3 is 34.5 Å². The van der Waals surface area contributed by atoms with E-state index in [4.69, 9.17) is 24.7 Å². The molecule has 11 nitrogen and oxygen atoms in total. The second kappa shape index (κ2) is 13.1. The molecule has 0 radical (unpaired) electrons. The van der Waals surface area contributed by atoms with E-state index in [0.717, 1.165) is 16.7 Å². The molecule has 3 aromatic carbocycles. The van der Waals surface area contributed by atoms with Gasteiger partial charge in [0.1, 0.15) is 29.3 Å². The van der Waals surface area contributed by atoms with Crippen molar-refractivity contribution >= 4 is 13.4 Å². The van der Waals surface area contributed by atoms with Crippen LogP contribution in [0.5, 0.6) is 11.5 Å². The lowest BCUT2D eigenvalue weighted by Crippen LogP contribution is -2.39. The highest BCUT2D eigenvalue weighted by Crippen LogP contribution is 2.42. The molecule has 0 fully saturated rings. The molecular formula is C29H32N3O8P. The Hall–Kier alpha value is -3.99. The van der Waals surface area contributed by atoms with Crippen molar-refractivity contribution in [3.63, 3.8) is 0 Å². The van der Waals surface area contributed by atoms with Crippen LogP contribution in [0.4, 0.5) is 5.82 Å². The molecule has 0 saturated heterocycles. The first-order valence-electron chi connectivity index (χ1n) is 12.6. The van der Waals surface area contributed by atoms with Crippen LogP contribution in [-0.4, -0.2) is 52.6 Å². The van der Waals surface area contributed by atoms with Gasteiger partial charge in [0.25, 0.3) is 0 Å². The highest BCUT2D eigenvalue weighted by Gasteiger charge is 2.39. The van der Waals surface area contributed by atoms with Gasteiger partial charge in [-0.05, 0) is 47.0 Å². The first-order valence-corrected chi connectivity index (χ1v) is 14.4. The summed E-state index contributed by atoms with van der Waals surface area (Å²) in [4.78, 5) is 35.2. The number of aromatic nitrogens is 2. The van der Waals surface area contributed by atoms with Gasteiger partial charge in [0.05, 0.1) is 33.5 Å². The maximum atomic E-state index is 12.5. The normalized spacial score (nSPS) is 12.6. The van der Waals surface area contributed by atoms with Gasteiger partial charge in [-0.1, -0.05) is 54.6 Å². The molecule has 0 spiro atoms. The standard InChI is InChI=1S/C29H32N3O8P/c1-37-24-12-8-22(9-13-24)29(21-6-4-3-5-7-21,23-10-14-25(38-2)15-11-23)40-19-26(39-20-41(34,35)36)18-32-17-16-27(30)31-28(32)33/h3-17,26H,18-20H2,1-2H3,(H2,30,31,33)(H2,34,35,36). The van der Waals surface area contributed by atoms with Crippen LogP contribution in [0.2, 0.25) is 0 Å². The Morgan fingerprint density at radius 1 is 0.878 bits per heavy atom. The predicted molar refractivity (Wildman–Crippen MR) is 153 cm³/mol. The van der Waals surface area contributed by atoms with Crippen LogP contribution >= 0.6 is 7.60 Å². The Balaban J connectivity index is 1.81. The lowest BCUT2D eigenvalue weighted by Gasteiger charge is -2.37. The van der Waals surface area contributed by atoms with Crippen LogP contribution in [0.1, 0.15) is 16.7 Å². The van der Waals surface area contributed by atoms with Gasteiger partial charge in [0.15, 0.2) is 0 Å². The van der Waals surface area contributed by atoms with Crippen molar-refractivity contribution in [3.8, 4) is 11.5 Å². The predicted octanol–water partition coefficient (Wildman–Crippen LogP) is 3.37.